The molecule has 0 aliphatic rings. The van der Waals surface area contributed by atoms with E-state index < -0.39 is 29.4 Å². The first kappa shape index (κ1) is 13.0. The Morgan fingerprint density at radius 1 is 1.41 bits per heavy atom. The molecule has 0 amide bonds. The van der Waals surface area contributed by atoms with E-state index in [1.54, 1.807) is 6.92 Å². The molecular weight excluding hydrogens is 231 g/mol. The third kappa shape index (κ3) is 3.17. The Bertz CT molecular complexity index is 443. The lowest BCUT2D eigenvalue weighted by Gasteiger charge is -2.14. The fraction of sp³-hybridized carbons (Fsp3) is 0.273. The molecule has 1 rings (SSSR count). The second-order valence-electron chi connectivity index (χ2n) is 3.30. The van der Waals surface area contributed by atoms with Crippen LogP contribution in [0.2, 0.25) is 0 Å². The highest BCUT2D eigenvalue weighted by molar-refractivity contribution is 5.91. The van der Waals surface area contributed by atoms with Crippen molar-refractivity contribution in [3.05, 3.63) is 29.6 Å². The van der Waals surface area contributed by atoms with Crippen LogP contribution in [0.5, 0.6) is 5.75 Å². The predicted molar refractivity (Wildman–Crippen MR) is 55.7 cm³/mol. The molecule has 17 heavy (non-hydrogen) atoms. The molecule has 1 unspecified atom stereocenters. The summed E-state index contributed by atoms with van der Waals surface area (Å²) in [6.45, 7) is 1.59. The van der Waals surface area contributed by atoms with E-state index in [0.29, 0.717) is 0 Å². The molecule has 0 saturated heterocycles. The second-order valence-corrected chi connectivity index (χ2v) is 3.30. The van der Waals surface area contributed by atoms with Crippen LogP contribution in [0.3, 0.4) is 0 Å². The molecule has 5 nitrogen and oxygen atoms in total. The molecule has 1 aromatic rings. The van der Waals surface area contributed by atoms with Crippen molar-refractivity contribution in [2.24, 2.45) is 0 Å². The summed E-state index contributed by atoms with van der Waals surface area (Å²) in [4.78, 5) is 21.6. The third-order valence-electron chi connectivity index (χ3n) is 2.09. The third-order valence-corrected chi connectivity index (χ3v) is 2.09. The maximum Gasteiger partial charge on any atom is 0.344 e. The topological polar surface area (TPSA) is 83.8 Å². The number of rotatable bonds is 5. The molecule has 0 fully saturated rings. The van der Waals surface area contributed by atoms with Crippen LogP contribution in [-0.2, 0) is 4.79 Å². The van der Waals surface area contributed by atoms with Crippen molar-refractivity contribution in [2.45, 2.75) is 19.4 Å². The maximum absolute atomic E-state index is 12.9. The van der Waals surface area contributed by atoms with Crippen molar-refractivity contribution in [1.29, 1.82) is 0 Å². The number of hydrogen-bond donors (Lipinski definition) is 2. The smallest absolute Gasteiger partial charge is 0.344 e. The molecule has 0 aliphatic heterocycles. The quantitative estimate of drug-likeness (QED) is 0.821. The predicted octanol–water partition coefficient (Wildman–Crippen LogP) is 1.77. The Balaban J connectivity index is 3.05. The number of ether oxygens (including phenoxy) is 1. The van der Waals surface area contributed by atoms with Gasteiger partial charge in [-0.2, -0.15) is 0 Å². The van der Waals surface area contributed by atoms with E-state index in [9.17, 15) is 14.0 Å². The molecule has 0 spiro atoms. The first-order valence-corrected chi connectivity index (χ1v) is 4.88. The Morgan fingerprint density at radius 2 is 2.06 bits per heavy atom. The number of carbonyl (C=O) groups is 2. The molecule has 0 bridgehead atoms. The van der Waals surface area contributed by atoms with Gasteiger partial charge in [-0.25, -0.2) is 14.0 Å². The minimum absolute atomic E-state index is 0.159. The van der Waals surface area contributed by atoms with E-state index in [0.717, 1.165) is 18.2 Å². The lowest BCUT2D eigenvalue weighted by molar-refractivity contribution is -0.145. The van der Waals surface area contributed by atoms with Gasteiger partial charge in [-0.3, -0.25) is 0 Å². The molecule has 0 saturated carbocycles. The monoisotopic (exact) mass is 242 g/mol. The molecule has 0 heterocycles. The van der Waals surface area contributed by atoms with Crippen molar-refractivity contribution in [3.63, 3.8) is 0 Å². The summed E-state index contributed by atoms with van der Waals surface area (Å²) in [7, 11) is 0. The molecule has 0 aliphatic carbocycles. The zero-order valence-corrected chi connectivity index (χ0v) is 9.01. The number of carboxylic acids is 2. The van der Waals surface area contributed by atoms with Crippen LogP contribution in [0.1, 0.15) is 23.7 Å². The minimum Gasteiger partial charge on any atom is -0.479 e. The Kier molecular flexibility index (Phi) is 4.03. The Morgan fingerprint density at radius 3 is 2.53 bits per heavy atom. The van der Waals surface area contributed by atoms with Crippen LogP contribution in [-0.4, -0.2) is 28.3 Å². The van der Waals surface area contributed by atoms with Crippen molar-refractivity contribution in [1.82, 2.24) is 0 Å². The highest BCUT2D eigenvalue weighted by atomic mass is 19.1. The van der Waals surface area contributed by atoms with Gasteiger partial charge in [0.15, 0.2) is 6.10 Å². The summed E-state index contributed by atoms with van der Waals surface area (Å²) in [5.41, 5.74) is -0.398. The van der Waals surface area contributed by atoms with E-state index in [2.05, 4.69) is 0 Å². The largest absolute Gasteiger partial charge is 0.479 e. The summed E-state index contributed by atoms with van der Waals surface area (Å²) in [5.74, 6) is -3.46. The molecule has 0 radical (unpaired) electrons. The van der Waals surface area contributed by atoms with Gasteiger partial charge in [0.25, 0.3) is 0 Å². The summed E-state index contributed by atoms with van der Waals surface area (Å²) >= 11 is 0. The van der Waals surface area contributed by atoms with Gasteiger partial charge in [-0.05, 0) is 24.6 Å². The number of aliphatic carboxylic acids is 1. The standard InChI is InChI=1S/C11H11FO5/c1-2-8(11(15)16)17-9-4-3-6(12)5-7(9)10(13)14/h3-5,8H,2H2,1H3,(H,13,14)(H,15,16). The van der Waals surface area contributed by atoms with Gasteiger partial charge in [-0.1, -0.05) is 6.92 Å². The van der Waals surface area contributed by atoms with Gasteiger partial charge < -0.3 is 14.9 Å². The Labute approximate surface area is 96.4 Å². The molecular formula is C11H11FO5. The maximum atomic E-state index is 12.9. The first-order valence-electron chi connectivity index (χ1n) is 4.88. The van der Waals surface area contributed by atoms with Crippen LogP contribution in [0.25, 0.3) is 0 Å². The van der Waals surface area contributed by atoms with Crippen LogP contribution in [0, 0.1) is 5.82 Å². The molecule has 2 N–H and O–H groups in total. The summed E-state index contributed by atoms with van der Waals surface area (Å²) in [6, 6.07) is 2.90. The van der Waals surface area contributed by atoms with Gasteiger partial charge in [0, 0.05) is 0 Å². The average Bonchev–Trinajstić information content (AvgIpc) is 2.26. The van der Waals surface area contributed by atoms with Crippen LogP contribution >= 0.6 is 0 Å². The highest BCUT2D eigenvalue weighted by Crippen LogP contribution is 2.21. The van der Waals surface area contributed by atoms with Crippen LogP contribution < -0.4 is 4.74 Å². The van der Waals surface area contributed by atoms with Gasteiger partial charge in [-0.15, -0.1) is 0 Å². The van der Waals surface area contributed by atoms with Crippen molar-refractivity contribution >= 4 is 11.9 Å². The normalized spacial score (nSPS) is 11.9. The van der Waals surface area contributed by atoms with Crippen LogP contribution in [0.15, 0.2) is 18.2 Å². The summed E-state index contributed by atoms with van der Waals surface area (Å²) in [5, 5.41) is 17.6. The van der Waals surface area contributed by atoms with Gasteiger partial charge in [0.05, 0.1) is 0 Å². The fourth-order valence-electron chi connectivity index (χ4n) is 1.23. The van der Waals surface area contributed by atoms with Gasteiger partial charge >= 0.3 is 11.9 Å². The lowest BCUT2D eigenvalue weighted by atomic mass is 10.2. The average molecular weight is 242 g/mol. The number of halogens is 1. The molecule has 6 heteroatoms. The van der Waals surface area contributed by atoms with E-state index in [1.165, 1.54) is 0 Å². The number of carboxylic acid groups (broad SMARTS) is 2. The zero-order valence-electron chi connectivity index (χ0n) is 9.01. The van der Waals surface area contributed by atoms with Crippen molar-refractivity contribution < 1.29 is 28.9 Å². The fourth-order valence-corrected chi connectivity index (χ4v) is 1.23. The van der Waals surface area contributed by atoms with Gasteiger partial charge in [0.1, 0.15) is 17.1 Å². The molecule has 92 valence electrons. The van der Waals surface area contributed by atoms with E-state index in [-0.39, 0.29) is 12.2 Å². The number of benzene rings is 1. The van der Waals surface area contributed by atoms with Crippen LogP contribution in [0.4, 0.5) is 4.39 Å². The van der Waals surface area contributed by atoms with Crippen molar-refractivity contribution in [2.75, 3.05) is 0 Å². The van der Waals surface area contributed by atoms with E-state index in [4.69, 9.17) is 14.9 Å². The summed E-state index contributed by atoms with van der Waals surface area (Å²) in [6.07, 6.45) is -0.982. The van der Waals surface area contributed by atoms with Gasteiger partial charge in [0.2, 0.25) is 0 Å². The van der Waals surface area contributed by atoms with E-state index >= 15 is 0 Å². The molecule has 0 aromatic heterocycles. The number of hydrogen-bond acceptors (Lipinski definition) is 3. The van der Waals surface area contributed by atoms with E-state index in [1.807, 2.05) is 0 Å². The minimum atomic E-state index is -1.38. The Hall–Kier alpha value is -2.11. The highest BCUT2D eigenvalue weighted by Gasteiger charge is 2.20. The SMILES string of the molecule is CCC(Oc1ccc(F)cc1C(=O)O)C(=O)O. The first-order chi connectivity index (χ1) is 7.95. The van der Waals surface area contributed by atoms with Crippen molar-refractivity contribution in [3.8, 4) is 5.75 Å². The molecule has 1 atom stereocenters. The number of aromatic carboxylic acids is 1. The summed E-state index contributed by atoms with van der Waals surface area (Å²) < 4.78 is 17.9. The zero-order chi connectivity index (χ0) is 13.0. The molecule has 1 aromatic carbocycles. The second kappa shape index (κ2) is 5.29. The lowest BCUT2D eigenvalue weighted by Crippen LogP contribution is -2.26.